The Balaban J connectivity index is 0. The van der Waals surface area contributed by atoms with Crippen molar-refractivity contribution in [2.75, 3.05) is 0 Å². The predicted octanol–water partition coefficient (Wildman–Crippen LogP) is -0.769. The fourth-order valence-corrected chi connectivity index (χ4v) is 0. The largest absolute Gasteiger partial charge is 0 e. The minimum Gasteiger partial charge on any atom is 0 e. The van der Waals surface area contributed by atoms with Crippen molar-refractivity contribution in [3.8, 4) is 0 Å². The van der Waals surface area contributed by atoms with Gasteiger partial charge in [0.15, 0.2) is 0 Å². The second-order valence-corrected chi connectivity index (χ2v) is 0. The van der Waals surface area contributed by atoms with Gasteiger partial charge in [0.2, 0.25) is 0 Å². The van der Waals surface area contributed by atoms with E-state index in [0.29, 0.717) is 0 Å². The molecule has 5 heteroatoms. The van der Waals surface area contributed by atoms with Crippen molar-refractivity contribution in [2.24, 2.45) is 0 Å². The summed E-state index contributed by atoms with van der Waals surface area (Å²) < 4.78 is 0. The van der Waals surface area contributed by atoms with Crippen LogP contribution in [0.25, 0.3) is 0 Å². The fraction of sp³-hybridized carbons (Fsp3) is 0. The molecule has 0 fully saturated rings. The quantitative estimate of drug-likeness (QED) is 0.495. The van der Waals surface area contributed by atoms with Gasteiger partial charge in [-0.2, -0.15) is 0 Å². The Morgan fingerprint density at radius 3 is 1.00 bits per heavy atom. The molecule has 0 heterocycles. The van der Waals surface area contributed by atoms with Gasteiger partial charge in [-0.3, -0.25) is 0 Å². The standard InChI is InChI=1S/B.Co.Fe.Mo.Si. The van der Waals surface area contributed by atoms with Gasteiger partial charge in [0.1, 0.15) is 0 Å². The van der Waals surface area contributed by atoms with E-state index in [-0.39, 0.29) is 74.3 Å². The maximum absolute atomic E-state index is 0. The number of hydrogen-bond donors (Lipinski definition) is 0. The third-order valence-electron chi connectivity index (χ3n) is 0. The van der Waals surface area contributed by atoms with Gasteiger partial charge < -0.3 is 0 Å². The molecule has 0 saturated heterocycles. The van der Waals surface area contributed by atoms with Crippen molar-refractivity contribution in [1.29, 1.82) is 0 Å². The van der Waals surface area contributed by atoms with Gasteiger partial charge in [0, 0.05) is 74.3 Å². The van der Waals surface area contributed by atoms with Gasteiger partial charge in [0.05, 0.1) is 0 Å². The topological polar surface area (TPSA) is 0 Å². The Labute approximate surface area is 73.8 Å². The molecule has 0 nitrogen and oxygen atoms in total. The molecule has 0 atom stereocenters. The summed E-state index contributed by atoms with van der Waals surface area (Å²) in [5, 5.41) is 0. The number of rotatable bonds is 0. The minimum absolute atomic E-state index is 0. The first kappa shape index (κ1) is 63.1. The normalized spacial score (nSPS) is 0. The van der Waals surface area contributed by atoms with E-state index in [1.807, 2.05) is 0 Å². The maximum atomic E-state index is 0. The molecule has 0 unspecified atom stereocenters. The summed E-state index contributed by atoms with van der Waals surface area (Å²) in [6.07, 6.45) is 0. The van der Waals surface area contributed by atoms with Gasteiger partial charge in [-0.15, -0.1) is 0 Å². The van der Waals surface area contributed by atoms with E-state index in [1.165, 1.54) is 0 Å². The first-order valence-corrected chi connectivity index (χ1v) is 0. The zero-order valence-corrected chi connectivity index (χ0v) is 7.32. The summed E-state index contributed by atoms with van der Waals surface area (Å²) in [5.41, 5.74) is 0. The van der Waals surface area contributed by atoms with Crippen molar-refractivity contribution < 1.29 is 54.9 Å². The smallest absolute Gasteiger partial charge is 0 e. The second kappa shape index (κ2) is 37.6. The van der Waals surface area contributed by atoms with Crippen LogP contribution < -0.4 is 0 Å². The first-order valence-electron chi connectivity index (χ1n) is 0. The molecular weight excluding hydrogens is 250 g/mol. The third-order valence-corrected chi connectivity index (χ3v) is 0. The average Bonchev–Trinajstić information content (AvgIpc) is 0. The summed E-state index contributed by atoms with van der Waals surface area (Å²) in [5.74, 6) is 0. The molecule has 0 saturated carbocycles. The molecule has 0 bridgehead atoms. The van der Waals surface area contributed by atoms with Gasteiger partial charge >= 0.3 is 0 Å². The summed E-state index contributed by atoms with van der Waals surface area (Å²) in [4.78, 5) is 0. The van der Waals surface area contributed by atoms with E-state index in [0.717, 1.165) is 0 Å². The van der Waals surface area contributed by atoms with Crippen molar-refractivity contribution in [1.82, 2.24) is 0 Å². The second-order valence-electron chi connectivity index (χ2n) is 0. The van der Waals surface area contributed by atoms with Gasteiger partial charge in [0.25, 0.3) is 0 Å². The Bertz CT molecular complexity index is 11.6. The zero-order chi connectivity index (χ0) is 0. The predicted molar refractivity (Wildman–Crippen MR) is 11.5 cm³/mol. The van der Waals surface area contributed by atoms with Crippen molar-refractivity contribution in [3.63, 3.8) is 0 Å². The van der Waals surface area contributed by atoms with E-state index in [1.54, 1.807) is 0 Å². The zero-order valence-electron chi connectivity index (χ0n) is 2.17. The van der Waals surface area contributed by atoms with Crippen LogP contribution in [0.1, 0.15) is 0 Å². The summed E-state index contributed by atoms with van der Waals surface area (Å²) >= 11 is 0. The van der Waals surface area contributed by atoms with Crippen LogP contribution in [0, 0.1) is 0 Å². The molecule has 0 aromatic carbocycles. The molecule has 30 valence electrons. The first-order chi connectivity index (χ1) is 0. The van der Waals surface area contributed by atoms with E-state index in [4.69, 9.17) is 0 Å². The van der Waals surface area contributed by atoms with Gasteiger partial charge in [-0.1, -0.05) is 0 Å². The number of hydrogen-bond acceptors (Lipinski definition) is 0. The van der Waals surface area contributed by atoms with E-state index >= 15 is 0 Å². The van der Waals surface area contributed by atoms with E-state index < -0.39 is 0 Å². The monoisotopic (exact) mass is 252 g/mol. The van der Waals surface area contributed by atoms with Crippen LogP contribution in [0.3, 0.4) is 0 Å². The summed E-state index contributed by atoms with van der Waals surface area (Å²) in [7, 11) is 0. The molecule has 0 amide bonds. The van der Waals surface area contributed by atoms with Crippen molar-refractivity contribution in [2.45, 2.75) is 0 Å². The maximum Gasteiger partial charge on any atom is 0 e. The fourth-order valence-electron chi connectivity index (χ4n) is 0. The van der Waals surface area contributed by atoms with Crippen LogP contribution in [0.15, 0.2) is 0 Å². The van der Waals surface area contributed by atoms with Crippen molar-refractivity contribution in [3.05, 3.63) is 0 Å². The molecule has 0 aliphatic rings. The van der Waals surface area contributed by atoms with Gasteiger partial charge in [-0.05, 0) is 0 Å². The summed E-state index contributed by atoms with van der Waals surface area (Å²) in [6, 6.07) is 0. The Kier molecular flexibility index (Phi) is 474. The van der Waals surface area contributed by atoms with Crippen molar-refractivity contribution >= 4 is 19.4 Å². The molecule has 8 radical (unpaired) electrons. The average molecular weight is 250 g/mol. The Morgan fingerprint density at radius 1 is 1.00 bits per heavy atom. The molecule has 0 aliphatic heterocycles. The third kappa shape index (κ3) is 24.0. The van der Waals surface area contributed by atoms with Crippen LogP contribution in [0.5, 0.6) is 0 Å². The SMILES string of the molecule is [B].[Co].[Fe].[Mo].[Si]. The molecular formula is BCoFeMoSi. The van der Waals surface area contributed by atoms with Crippen LogP contribution in [-0.2, 0) is 54.9 Å². The molecule has 0 rings (SSSR count). The summed E-state index contributed by atoms with van der Waals surface area (Å²) in [6.45, 7) is 0. The minimum atomic E-state index is 0. The molecule has 0 aliphatic carbocycles. The van der Waals surface area contributed by atoms with E-state index in [2.05, 4.69) is 0 Å². The van der Waals surface area contributed by atoms with Crippen LogP contribution >= 0.6 is 0 Å². The van der Waals surface area contributed by atoms with E-state index in [9.17, 15) is 0 Å². The Morgan fingerprint density at radius 2 is 1.00 bits per heavy atom. The van der Waals surface area contributed by atoms with Crippen LogP contribution in [0.2, 0.25) is 0 Å². The Hall–Kier alpha value is 2.00. The molecule has 0 aromatic rings. The van der Waals surface area contributed by atoms with Crippen LogP contribution in [-0.4, -0.2) is 19.4 Å². The molecule has 0 spiro atoms. The molecule has 5 heavy (non-hydrogen) atoms. The molecule has 0 N–H and O–H groups in total. The van der Waals surface area contributed by atoms with Crippen LogP contribution in [0.4, 0.5) is 0 Å². The molecule has 0 aromatic heterocycles. The van der Waals surface area contributed by atoms with Gasteiger partial charge in [-0.25, -0.2) is 0 Å².